The lowest BCUT2D eigenvalue weighted by Gasteiger charge is -2.29. The van der Waals surface area contributed by atoms with Crippen molar-refractivity contribution in [3.05, 3.63) is 71.8 Å². The molecule has 0 amide bonds. The van der Waals surface area contributed by atoms with Crippen LogP contribution in [0.3, 0.4) is 0 Å². The fourth-order valence-corrected chi connectivity index (χ4v) is 3.37. The molecule has 2 aromatic rings. The van der Waals surface area contributed by atoms with Gasteiger partial charge in [-0.2, -0.15) is 0 Å². The molecule has 1 unspecified atom stereocenters. The molecule has 1 aliphatic heterocycles. The summed E-state index contributed by atoms with van der Waals surface area (Å²) in [6.45, 7) is 5.32. The SMILES string of the molecule is CCC(C(=O)OS)c1ccccc1.NC1CCN(Cc2ccccc2)CC1. The van der Waals surface area contributed by atoms with Crippen molar-refractivity contribution in [2.45, 2.75) is 44.7 Å². The summed E-state index contributed by atoms with van der Waals surface area (Å²) in [5.41, 5.74) is 8.25. The van der Waals surface area contributed by atoms with Gasteiger partial charge in [-0.05, 0) is 43.5 Å². The van der Waals surface area contributed by atoms with Gasteiger partial charge in [0.1, 0.15) is 0 Å². The quantitative estimate of drug-likeness (QED) is 0.598. The second kappa shape index (κ2) is 11.8. The van der Waals surface area contributed by atoms with Gasteiger partial charge < -0.3 is 9.92 Å². The van der Waals surface area contributed by atoms with Gasteiger partial charge in [0.2, 0.25) is 0 Å². The van der Waals surface area contributed by atoms with Gasteiger partial charge in [0, 0.05) is 25.5 Å². The van der Waals surface area contributed by atoms with Gasteiger partial charge in [-0.3, -0.25) is 9.69 Å². The van der Waals surface area contributed by atoms with Crippen LogP contribution in [0, 0.1) is 0 Å². The van der Waals surface area contributed by atoms with Crippen LogP contribution in [0.4, 0.5) is 0 Å². The molecule has 0 aromatic heterocycles. The molecule has 1 fully saturated rings. The number of benzene rings is 2. The predicted octanol–water partition coefficient (Wildman–Crippen LogP) is 4.18. The number of nitrogens with zero attached hydrogens (tertiary/aromatic N) is 1. The number of hydrogen-bond donors (Lipinski definition) is 2. The van der Waals surface area contributed by atoms with E-state index in [-0.39, 0.29) is 11.9 Å². The van der Waals surface area contributed by atoms with Crippen LogP contribution in [0.5, 0.6) is 0 Å². The van der Waals surface area contributed by atoms with Gasteiger partial charge >= 0.3 is 5.97 Å². The Balaban J connectivity index is 0.000000194. The van der Waals surface area contributed by atoms with E-state index in [9.17, 15) is 4.79 Å². The molecule has 1 saturated heterocycles. The van der Waals surface area contributed by atoms with Crippen LogP contribution in [-0.2, 0) is 15.5 Å². The fraction of sp³-hybridized carbons (Fsp3) is 0.409. The van der Waals surface area contributed by atoms with Crippen molar-refractivity contribution in [1.82, 2.24) is 4.90 Å². The first-order valence-electron chi connectivity index (χ1n) is 9.56. The molecule has 0 aliphatic carbocycles. The Kier molecular flexibility index (Phi) is 9.39. The average molecular weight is 387 g/mol. The molecular weight excluding hydrogens is 356 g/mol. The van der Waals surface area contributed by atoms with Crippen LogP contribution >= 0.6 is 12.9 Å². The third-order valence-corrected chi connectivity index (χ3v) is 5.05. The van der Waals surface area contributed by atoms with Crippen molar-refractivity contribution in [3.8, 4) is 0 Å². The van der Waals surface area contributed by atoms with Gasteiger partial charge in [0.05, 0.1) is 5.92 Å². The second-order valence-electron chi connectivity index (χ2n) is 6.88. The lowest BCUT2D eigenvalue weighted by molar-refractivity contribution is -0.134. The van der Waals surface area contributed by atoms with Crippen LogP contribution in [0.1, 0.15) is 43.2 Å². The van der Waals surface area contributed by atoms with Gasteiger partial charge in [-0.1, -0.05) is 67.6 Å². The Bertz CT molecular complexity index is 659. The third kappa shape index (κ3) is 7.37. The van der Waals surface area contributed by atoms with Gasteiger partial charge in [0.15, 0.2) is 0 Å². The van der Waals surface area contributed by atoms with Crippen LogP contribution in [-0.4, -0.2) is 30.0 Å². The maximum Gasteiger partial charge on any atom is 0.325 e. The van der Waals surface area contributed by atoms with E-state index in [0.717, 1.165) is 44.5 Å². The number of hydrogen-bond acceptors (Lipinski definition) is 5. The first kappa shape index (κ1) is 21.5. The molecular formula is C22H30N2O2S. The number of carbonyl (C=O) groups excluding carboxylic acids is 1. The molecule has 0 saturated carbocycles. The Hall–Kier alpha value is -1.82. The molecule has 2 aromatic carbocycles. The van der Waals surface area contributed by atoms with Gasteiger partial charge in [-0.15, -0.1) is 0 Å². The number of piperidine rings is 1. The van der Waals surface area contributed by atoms with Crippen molar-refractivity contribution in [2.75, 3.05) is 13.1 Å². The smallest absolute Gasteiger partial charge is 0.325 e. The largest absolute Gasteiger partial charge is 0.394 e. The molecule has 146 valence electrons. The maximum absolute atomic E-state index is 11.2. The minimum atomic E-state index is -0.294. The van der Waals surface area contributed by atoms with E-state index >= 15 is 0 Å². The van der Waals surface area contributed by atoms with Gasteiger partial charge in [-0.25, -0.2) is 0 Å². The molecule has 0 radical (unpaired) electrons. The molecule has 5 heteroatoms. The molecule has 3 rings (SSSR count). The van der Waals surface area contributed by atoms with E-state index in [2.05, 4.69) is 52.3 Å². The normalized spacial score (nSPS) is 16.1. The zero-order valence-electron chi connectivity index (χ0n) is 16.0. The molecule has 0 bridgehead atoms. The van der Waals surface area contributed by atoms with E-state index in [1.54, 1.807) is 0 Å². The van der Waals surface area contributed by atoms with E-state index < -0.39 is 0 Å². The van der Waals surface area contributed by atoms with E-state index in [4.69, 9.17) is 5.73 Å². The Labute approximate surface area is 168 Å². The zero-order valence-corrected chi connectivity index (χ0v) is 16.9. The average Bonchev–Trinajstić information content (AvgIpc) is 2.72. The molecule has 4 nitrogen and oxygen atoms in total. The van der Waals surface area contributed by atoms with Crippen LogP contribution in [0.2, 0.25) is 0 Å². The van der Waals surface area contributed by atoms with Gasteiger partial charge in [0.25, 0.3) is 0 Å². The monoisotopic (exact) mass is 386 g/mol. The summed E-state index contributed by atoms with van der Waals surface area (Å²) in [5.74, 6) is -0.490. The summed E-state index contributed by atoms with van der Waals surface area (Å²) < 4.78 is 4.41. The molecule has 0 spiro atoms. The summed E-state index contributed by atoms with van der Waals surface area (Å²) in [7, 11) is 0. The van der Waals surface area contributed by atoms with Crippen LogP contribution in [0.15, 0.2) is 60.7 Å². The molecule has 1 heterocycles. The van der Waals surface area contributed by atoms with Crippen molar-refractivity contribution < 1.29 is 8.98 Å². The number of carbonyl (C=O) groups is 1. The number of nitrogens with two attached hydrogens (primary N) is 1. The second-order valence-corrected chi connectivity index (χ2v) is 7.06. The standard InChI is InChI=1S/C12H18N2.C10H12O2S/c13-12-6-8-14(9-7-12)10-11-4-2-1-3-5-11;1-2-9(10(11)12-13)8-6-4-3-5-7-8/h1-5,12H,6-10,13H2;3-7,9,13H,2H2,1H3. The Morgan fingerprint density at radius 1 is 1.11 bits per heavy atom. The highest BCUT2D eigenvalue weighted by atomic mass is 32.1. The molecule has 27 heavy (non-hydrogen) atoms. The lowest BCUT2D eigenvalue weighted by Crippen LogP contribution is -2.39. The zero-order chi connectivity index (χ0) is 19.5. The summed E-state index contributed by atoms with van der Waals surface area (Å²) in [4.78, 5) is 13.7. The van der Waals surface area contributed by atoms with Crippen molar-refractivity contribution in [1.29, 1.82) is 0 Å². The first-order valence-corrected chi connectivity index (χ1v) is 9.92. The summed E-state index contributed by atoms with van der Waals surface area (Å²) >= 11 is 3.51. The highest BCUT2D eigenvalue weighted by molar-refractivity contribution is 7.75. The van der Waals surface area contributed by atoms with Crippen LogP contribution < -0.4 is 5.73 Å². The Morgan fingerprint density at radius 2 is 1.67 bits per heavy atom. The predicted molar refractivity (Wildman–Crippen MR) is 113 cm³/mol. The van der Waals surface area contributed by atoms with Crippen molar-refractivity contribution >= 4 is 18.9 Å². The summed E-state index contributed by atoms with van der Waals surface area (Å²) in [5, 5.41) is 0. The summed E-state index contributed by atoms with van der Waals surface area (Å²) in [6.07, 6.45) is 3.02. The number of rotatable bonds is 5. The topological polar surface area (TPSA) is 55.6 Å². The Morgan fingerprint density at radius 3 is 2.19 bits per heavy atom. The highest BCUT2D eigenvalue weighted by Gasteiger charge is 2.19. The third-order valence-electron chi connectivity index (χ3n) is 4.87. The lowest BCUT2D eigenvalue weighted by atomic mass is 9.97. The minimum Gasteiger partial charge on any atom is -0.394 e. The molecule has 1 atom stereocenters. The maximum atomic E-state index is 11.2. The van der Waals surface area contributed by atoms with E-state index in [1.807, 2.05) is 37.3 Å². The van der Waals surface area contributed by atoms with Crippen LogP contribution in [0.25, 0.3) is 0 Å². The number of likely N-dealkylation sites (tertiary alicyclic amines) is 1. The van der Waals surface area contributed by atoms with Crippen molar-refractivity contribution in [2.24, 2.45) is 5.73 Å². The molecule has 2 N–H and O–H groups in total. The van der Waals surface area contributed by atoms with E-state index in [1.165, 1.54) is 5.56 Å². The first-order chi connectivity index (χ1) is 13.1. The summed E-state index contributed by atoms with van der Waals surface area (Å²) in [6, 6.07) is 20.6. The number of thiol groups is 1. The van der Waals surface area contributed by atoms with E-state index in [0.29, 0.717) is 6.04 Å². The minimum absolute atomic E-state index is 0.196. The van der Waals surface area contributed by atoms with Crippen molar-refractivity contribution in [3.63, 3.8) is 0 Å². The fourth-order valence-electron chi connectivity index (χ4n) is 3.24. The highest BCUT2D eigenvalue weighted by Crippen LogP contribution is 2.20. The molecule has 1 aliphatic rings.